The summed E-state index contributed by atoms with van der Waals surface area (Å²) in [6.45, 7) is 0. The molecule has 0 spiro atoms. The topological polar surface area (TPSA) is 0 Å². The van der Waals surface area contributed by atoms with Crippen LogP contribution in [-0.4, -0.2) is 0 Å². The summed E-state index contributed by atoms with van der Waals surface area (Å²) in [5, 5.41) is 4.32. The normalized spacial score (nSPS) is 10.7. The zero-order valence-corrected chi connectivity index (χ0v) is 8.92. The fourth-order valence-corrected chi connectivity index (χ4v) is 2.52. The minimum absolute atomic E-state index is 1.24. The van der Waals surface area contributed by atoms with Crippen molar-refractivity contribution in [1.82, 2.24) is 0 Å². The van der Waals surface area contributed by atoms with Crippen LogP contribution < -0.4 is 0 Å². The van der Waals surface area contributed by atoms with E-state index in [-0.39, 0.29) is 0 Å². The van der Waals surface area contributed by atoms with Crippen molar-refractivity contribution in [3.8, 4) is 22.3 Å². The summed E-state index contributed by atoms with van der Waals surface area (Å²) in [7, 11) is 0. The lowest BCUT2D eigenvalue weighted by atomic mass is 10.0. The minimum atomic E-state index is 1.24. The zero-order valence-electron chi connectivity index (χ0n) is 8.10. The Bertz CT molecular complexity index is 536. The molecule has 1 aliphatic heterocycles. The van der Waals surface area contributed by atoms with Crippen LogP contribution in [0.3, 0.4) is 0 Å². The van der Waals surface area contributed by atoms with Crippen LogP contribution in [0.4, 0.5) is 0 Å². The number of hydrogen-bond acceptors (Lipinski definition) is 1. The number of benzene rings is 1. The molecule has 0 amide bonds. The fourth-order valence-electron chi connectivity index (χ4n) is 1.82. The molecule has 0 saturated heterocycles. The van der Waals surface area contributed by atoms with Crippen LogP contribution in [0.1, 0.15) is 0 Å². The van der Waals surface area contributed by atoms with Gasteiger partial charge >= 0.3 is 0 Å². The standard InChI is InChI=1S/C14H9S/c1-2-4-11(5-3-1)13-7-6-12-8-9-15-10-14(12)13/h1-2,4-10H. The second-order valence-corrected chi connectivity index (χ2v) is 4.24. The highest BCUT2D eigenvalue weighted by molar-refractivity contribution is 7.08. The van der Waals surface area contributed by atoms with Gasteiger partial charge < -0.3 is 0 Å². The number of rotatable bonds is 1. The van der Waals surface area contributed by atoms with Crippen LogP contribution in [0, 0.1) is 6.07 Å². The van der Waals surface area contributed by atoms with Crippen LogP contribution in [0.5, 0.6) is 0 Å². The molecule has 3 rings (SSSR count). The highest BCUT2D eigenvalue weighted by atomic mass is 32.1. The van der Waals surface area contributed by atoms with E-state index in [2.05, 4.69) is 41.1 Å². The Kier molecular flexibility index (Phi) is 2.04. The van der Waals surface area contributed by atoms with Crippen LogP contribution in [0.15, 0.2) is 53.2 Å². The van der Waals surface area contributed by atoms with Gasteiger partial charge in [-0.15, -0.1) is 0 Å². The lowest BCUT2D eigenvalue weighted by Gasteiger charge is -2.02. The molecule has 2 aliphatic rings. The van der Waals surface area contributed by atoms with E-state index in [1.54, 1.807) is 11.3 Å². The van der Waals surface area contributed by atoms with E-state index in [0.29, 0.717) is 0 Å². The van der Waals surface area contributed by atoms with E-state index in [1.165, 1.54) is 22.3 Å². The molecule has 1 heteroatoms. The third-order valence-corrected chi connectivity index (χ3v) is 3.23. The molecule has 0 bridgehead atoms. The molecule has 1 aliphatic carbocycles. The van der Waals surface area contributed by atoms with Crippen molar-refractivity contribution >= 4 is 11.3 Å². The van der Waals surface area contributed by atoms with Gasteiger partial charge in [-0.1, -0.05) is 30.3 Å². The van der Waals surface area contributed by atoms with Gasteiger partial charge in [0.15, 0.2) is 0 Å². The molecule has 15 heavy (non-hydrogen) atoms. The summed E-state index contributed by atoms with van der Waals surface area (Å²) >= 11 is 1.74. The Morgan fingerprint density at radius 3 is 2.80 bits per heavy atom. The molecule has 0 unspecified atom stereocenters. The molecule has 1 aromatic carbocycles. The summed E-state index contributed by atoms with van der Waals surface area (Å²) in [5.74, 6) is 0. The van der Waals surface area contributed by atoms with Gasteiger partial charge in [-0.2, -0.15) is 11.3 Å². The predicted octanol–water partition coefficient (Wildman–Crippen LogP) is 4.32. The van der Waals surface area contributed by atoms with Crippen LogP contribution in [-0.2, 0) is 0 Å². The third-order valence-electron chi connectivity index (χ3n) is 2.56. The predicted molar refractivity (Wildman–Crippen MR) is 65.2 cm³/mol. The Hall–Kier alpha value is -1.60. The average molecular weight is 209 g/mol. The SMILES string of the molecule is [c]1cccc(-c2ccc3ccscc2-3)c1. The van der Waals surface area contributed by atoms with Crippen molar-refractivity contribution < 1.29 is 0 Å². The molecule has 71 valence electrons. The van der Waals surface area contributed by atoms with E-state index >= 15 is 0 Å². The average Bonchev–Trinajstić information content (AvgIpc) is 2.74. The van der Waals surface area contributed by atoms with Crippen LogP contribution >= 0.6 is 11.3 Å². The van der Waals surface area contributed by atoms with Crippen LogP contribution in [0.2, 0.25) is 0 Å². The first-order valence-corrected chi connectivity index (χ1v) is 5.81. The molecular formula is C14H9S. The molecule has 0 aromatic heterocycles. The highest BCUT2D eigenvalue weighted by Gasteiger charge is 2.09. The Morgan fingerprint density at radius 2 is 1.93 bits per heavy atom. The molecule has 1 aromatic rings. The number of hydrogen-bond donors (Lipinski definition) is 0. The zero-order chi connectivity index (χ0) is 10.1. The molecule has 1 radical (unpaired) electrons. The molecule has 0 fully saturated rings. The van der Waals surface area contributed by atoms with Crippen LogP contribution in [0.25, 0.3) is 22.3 Å². The molecule has 0 N–H and O–H groups in total. The maximum absolute atomic E-state index is 3.12. The van der Waals surface area contributed by atoms with Gasteiger partial charge in [0.1, 0.15) is 0 Å². The van der Waals surface area contributed by atoms with Gasteiger partial charge in [0.2, 0.25) is 0 Å². The Balaban J connectivity index is 2.22. The molecule has 0 saturated carbocycles. The monoisotopic (exact) mass is 209 g/mol. The molecular weight excluding hydrogens is 200 g/mol. The van der Waals surface area contributed by atoms with Gasteiger partial charge in [0, 0.05) is 0 Å². The molecule has 0 nitrogen and oxygen atoms in total. The first-order valence-electron chi connectivity index (χ1n) is 4.86. The fraction of sp³-hybridized carbons (Fsp3) is 0. The minimum Gasteiger partial charge on any atom is -0.152 e. The quantitative estimate of drug-likeness (QED) is 0.560. The maximum atomic E-state index is 3.12. The van der Waals surface area contributed by atoms with Crippen molar-refractivity contribution in [3.05, 3.63) is 59.3 Å². The van der Waals surface area contributed by atoms with Gasteiger partial charge in [0.25, 0.3) is 0 Å². The summed E-state index contributed by atoms with van der Waals surface area (Å²) in [6, 6.07) is 17.8. The summed E-state index contributed by atoms with van der Waals surface area (Å²) in [4.78, 5) is 0. The second-order valence-electron chi connectivity index (χ2n) is 3.46. The lowest BCUT2D eigenvalue weighted by molar-refractivity contribution is 1.66. The van der Waals surface area contributed by atoms with Crippen molar-refractivity contribution in [1.29, 1.82) is 0 Å². The van der Waals surface area contributed by atoms with E-state index in [9.17, 15) is 0 Å². The Labute approximate surface area is 93.2 Å². The second kappa shape index (κ2) is 3.52. The molecule has 1 heterocycles. The van der Waals surface area contributed by atoms with E-state index in [0.717, 1.165) is 0 Å². The summed E-state index contributed by atoms with van der Waals surface area (Å²) in [6.07, 6.45) is 0. The van der Waals surface area contributed by atoms with E-state index in [4.69, 9.17) is 0 Å². The third kappa shape index (κ3) is 1.45. The van der Waals surface area contributed by atoms with Crippen molar-refractivity contribution in [2.75, 3.05) is 0 Å². The largest absolute Gasteiger partial charge is 0.152 e. The first kappa shape index (κ1) is 8.69. The van der Waals surface area contributed by atoms with Gasteiger partial charge in [-0.05, 0) is 51.2 Å². The smallest absolute Gasteiger partial charge is 0.000594 e. The lowest BCUT2D eigenvalue weighted by Crippen LogP contribution is -1.76. The summed E-state index contributed by atoms with van der Waals surface area (Å²) in [5.41, 5.74) is 5.19. The Morgan fingerprint density at radius 1 is 0.933 bits per heavy atom. The van der Waals surface area contributed by atoms with Gasteiger partial charge in [-0.25, -0.2) is 0 Å². The van der Waals surface area contributed by atoms with E-state index < -0.39 is 0 Å². The van der Waals surface area contributed by atoms with Crippen molar-refractivity contribution in [2.24, 2.45) is 0 Å². The number of fused-ring (bicyclic) bond motifs is 1. The molecule has 0 atom stereocenters. The van der Waals surface area contributed by atoms with Crippen molar-refractivity contribution in [3.63, 3.8) is 0 Å². The first-order chi connectivity index (χ1) is 7.45. The van der Waals surface area contributed by atoms with E-state index in [1.807, 2.05) is 18.2 Å². The highest BCUT2D eigenvalue weighted by Crippen LogP contribution is 2.35. The van der Waals surface area contributed by atoms with Gasteiger partial charge in [-0.3, -0.25) is 0 Å². The van der Waals surface area contributed by atoms with Crippen molar-refractivity contribution in [2.45, 2.75) is 0 Å². The summed E-state index contributed by atoms with van der Waals surface area (Å²) < 4.78 is 0. The maximum Gasteiger partial charge on any atom is -0.000594 e. The van der Waals surface area contributed by atoms with Gasteiger partial charge in [0.05, 0.1) is 0 Å².